The van der Waals surface area contributed by atoms with Gasteiger partial charge in [0.1, 0.15) is 0 Å². The number of unbranched alkanes of at least 4 members (excludes halogenated alkanes) is 1. The maximum absolute atomic E-state index is 11.6. The number of anilines is 1. The van der Waals surface area contributed by atoms with Gasteiger partial charge in [-0.25, -0.2) is 4.79 Å². The van der Waals surface area contributed by atoms with Gasteiger partial charge in [-0.15, -0.1) is 11.8 Å². The maximum Gasteiger partial charge on any atom is 0.321 e. The number of hydrogen-bond donors (Lipinski definition) is 3. The molecular weight excluding hydrogens is 274 g/mol. The summed E-state index contributed by atoms with van der Waals surface area (Å²) in [5.41, 5.74) is 7.44. The Bertz CT molecular complexity index is 477. The number of carbonyl (C=O) groups excluding carboxylic acids is 2. The van der Waals surface area contributed by atoms with E-state index >= 15 is 0 Å². The number of aryl methyl sites for hydroxylation is 1. The third kappa shape index (κ3) is 5.97. The van der Waals surface area contributed by atoms with Crippen molar-refractivity contribution in [3.05, 3.63) is 23.8 Å². The highest BCUT2D eigenvalue weighted by atomic mass is 32.2. The molecule has 5 nitrogen and oxygen atoms in total. The summed E-state index contributed by atoms with van der Waals surface area (Å²) in [6.07, 6.45) is 1.90. The van der Waals surface area contributed by atoms with Crippen LogP contribution in [-0.2, 0) is 4.79 Å². The van der Waals surface area contributed by atoms with Crippen molar-refractivity contribution in [1.29, 1.82) is 0 Å². The quantitative estimate of drug-likeness (QED) is 0.427. The van der Waals surface area contributed by atoms with E-state index in [9.17, 15) is 9.59 Å². The smallest absolute Gasteiger partial charge is 0.321 e. The number of hydrogen-bond acceptors (Lipinski definition) is 4. The number of carbonyl (C=O) groups is 2. The predicted molar refractivity (Wildman–Crippen MR) is 82.8 cm³/mol. The second kappa shape index (κ2) is 8.47. The molecule has 0 spiro atoms. The molecule has 0 fully saturated rings. The van der Waals surface area contributed by atoms with Crippen LogP contribution >= 0.6 is 11.8 Å². The largest absolute Gasteiger partial charge is 0.399 e. The standard InChI is InChI=1S/C14H21N3O2S/c1-3-4-7-16-14(19)17-13(18)9-20-11-5-6-12(15)10(2)8-11/h5-6,8H,3-4,7,9,15H2,1-2H3,(H2,16,17,18,19). The Morgan fingerprint density at radius 3 is 2.75 bits per heavy atom. The summed E-state index contributed by atoms with van der Waals surface area (Å²) < 4.78 is 0. The molecule has 0 atom stereocenters. The lowest BCUT2D eigenvalue weighted by molar-refractivity contribution is -0.117. The van der Waals surface area contributed by atoms with Gasteiger partial charge in [0.2, 0.25) is 5.91 Å². The fourth-order valence-corrected chi connectivity index (χ4v) is 2.27. The van der Waals surface area contributed by atoms with Crippen LogP contribution in [0.1, 0.15) is 25.3 Å². The second-order valence-corrected chi connectivity index (χ2v) is 5.51. The van der Waals surface area contributed by atoms with Crippen molar-refractivity contribution in [2.24, 2.45) is 0 Å². The van der Waals surface area contributed by atoms with Gasteiger partial charge in [-0.3, -0.25) is 10.1 Å². The summed E-state index contributed by atoms with van der Waals surface area (Å²) in [6, 6.07) is 5.17. The zero-order valence-electron chi connectivity index (χ0n) is 11.9. The molecule has 1 rings (SSSR count). The van der Waals surface area contributed by atoms with Crippen LogP contribution in [0.5, 0.6) is 0 Å². The molecule has 0 heterocycles. The van der Waals surface area contributed by atoms with Crippen LogP contribution in [0.25, 0.3) is 0 Å². The Hall–Kier alpha value is -1.69. The van der Waals surface area contributed by atoms with Crippen molar-refractivity contribution in [3.8, 4) is 0 Å². The molecule has 1 aromatic rings. The molecule has 20 heavy (non-hydrogen) atoms. The Labute approximate surface area is 123 Å². The van der Waals surface area contributed by atoms with Crippen molar-refractivity contribution in [2.45, 2.75) is 31.6 Å². The Morgan fingerprint density at radius 2 is 2.10 bits per heavy atom. The molecule has 6 heteroatoms. The lowest BCUT2D eigenvalue weighted by Crippen LogP contribution is -2.40. The van der Waals surface area contributed by atoms with Crippen LogP contribution in [0.4, 0.5) is 10.5 Å². The lowest BCUT2D eigenvalue weighted by Gasteiger charge is -2.07. The number of thioether (sulfide) groups is 1. The molecule has 0 saturated carbocycles. The summed E-state index contributed by atoms with van der Waals surface area (Å²) in [4.78, 5) is 23.9. The number of urea groups is 1. The van der Waals surface area contributed by atoms with Crippen molar-refractivity contribution < 1.29 is 9.59 Å². The van der Waals surface area contributed by atoms with Crippen LogP contribution in [0, 0.1) is 6.92 Å². The third-order valence-corrected chi connectivity index (χ3v) is 3.67. The molecule has 0 aliphatic rings. The number of nitrogen functional groups attached to an aromatic ring is 1. The lowest BCUT2D eigenvalue weighted by atomic mass is 10.2. The van der Waals surface area contributed by atoms with Gasteiger partial charge in [-0.2, -0.15) is 0 Å². The van der Waals surface area contributed by atoms with Crippen molar-refractivity contribution in [1.82, 2.24) is 10.6 Å². The van der Waals surface area contributed by atoms with Gasteiger partial charge in [0.15, 0.2) is 0 Å². The van der Waals surface area contributed by atoms with Crippen LogP contribution in [0.3, 0.4) is 0 Å². The molecular formula is C14H21N3O2S. The number of nitrogens with one attached hydrogen (secondary N) is 2. The zero-order chi connectivity index (χ0) is 15.0. The van der Waals surface area contributed by atoms with Crippen LogP contribution in [0.15, 0.2) is 23.1 Å². The molecule has 0 aliphatic heterocycles. The minimum Gasteiger partial charge on any atom is -0.399 e. The van der Waals surface area contributed by atoms with Crippen molar-refractivity contribution >= 4 is 29.4 Å². The average Bonchev–Trinajstić information content (AvgIpc) is 2.40. The number of benzene rings is 1. The second-order valence-electron chi connectivity index (χ2n) is 4.46. The molecule has 0 radical (unpaired) electrons. The molecule has 0 aromatic heterocycles. The first-order valence-electron chi connectivity index (χ1n) is 6.59. The van der Waals surface area contributed by atoms with Crippen LogP contribution < -0.4 is 16.4 Å². The molecule has 0 unspecified atom stereocenters. The molecule has 3 amide bonds. The molecule has 1 aromatic carbocycles. The van der Waals surface area contributed by atoms with E-state index in [0.717, 1.165) is 29.0 Å². The summed E-state index contributed by atoms with van der Waals surface area (Å²) in [6.45, 7) is 4.54. The maximum atomic E-state index is 11.6. The van der Waals surface area contributed by atoms with E-state index in [1.165, 1.54) is 11.8 Å². The van der Waals surface area contributed by atoms with Crippen LogP contribution in [0.2, 0.25) is 0 Å². The Kier molecular flexibility index (Phi) is 6.93. The normalized spacial score (nSPS) is 10.1. The van der Waals surface area contributed by atoms with Gasteiger partial charge >= 0.3 is 6.03 Å². The fourth-order valence-electron chi connectivity index (χ4n) is 1.47. The monoisotopic (exact) mass is 295 g/mol. The van der Waals surface area contributed by atoms with Crippen molar-refractivity contribution in [2.75, 3.05) is 18.0 Å². The predicted octanol–water partition coefficient (Wildman–Crippen LogP) is 2.30. The molecule has 0 bridgehead atoms. The van der Waals surface area contributed by atoms with Gasteiger partial charge < -0.3 is 11.1 Å². The summed E-state index contributed by atoms with van der Waals surface area (Å²) >= 11 is 1.37. The topological polar surface area (TPSA) is 84.2 Å². The summed E-state index contributed by atoms with van der Waals surface area (Å²) in [5.74, 6) is -0.108. The van der Waals surface area contributed by atoms with E-state index < -0.39 is 6.03 Å². The third-order valence-electron chi connectivity index (χ3n) is 2.68. The summed E-state index contributed by atoms with van der Waals surface area (Å²) in [7, 11) is 0. The zero-order valence-corrected chi connectivity index (χ0v) is 12.7. The highest BCUT2D eigenvalue weighted by Gasteiger charge is 2.08. The van der Waals surface area contributed by atoms with Crippen molar-refractivity contribution in [3.63, 3.8) is 0 Å². The van der Waals surface area contributed by atoms with E-state index in [4.69, 9.17) is 5.73 Å². The van der Waals surface area contributed by atoms with Gasteiger partial charge in [0.25, 0.3) is 0 Å². The van der Waals surface area contributed by atoms with Gasteiger partial charge in [-0.1, -0.05) is 13.3 Å². The average molecular weight is 295 g/mol. The minimum atomic E-state index is -0.433. The first-order valence-corrected chi connectivity index (χ1v) is 7.58. The first kappa shape index (κ1) is 16.4. The molecule has 4 N–H and O–H groups in total. The highest BCUT2D eigenvalue weighted by Crippen LogP contribution is 2.22. The number of rotatable bonds is 6. The Balaban J connectivity index is 2.32. The van der Waals surface area contributed by atoms with E-state index in [2.05, 4.69) is 10.6 Å². The number of amides is 3. The summed E-state index contributed by atoms with van der Waals surface area (Å²) in [5, 5.41) is 4.93. The first-order chi connectivity index (χ1) is 9.52. The SMILES string of the molecule is CCCCNC(=O)NC(=O)CSc1ccc(N)c(C)c1. The highest BCUT2D eigenvalue weighted by molar-refractivity contribution is 8.00. The molecule has 0 aliphatic carbocycles. The minimum absolute atomic E-state index is 0.199. The van der Waals surface area contributed by atoms with E-state index in [1.807, 2.05) is 32.0 Å². The number of nitrogens with two attached hydrogens (primary N) is 1. The van der Waals surface area contributed by atoms with Gasteiger partial charge in [0.05, 0.1) is 5.75 Å². The Morgan fingerprint density at radius 1 is 1.35 bits per heavy atom. The fraction of sp³-hybridized carbons (Fsp3) is 0.429. The van der Waals surface area contributed by atoms with E-state index in [1.54, 1.807) is 0 Å². The van der Waals surface area contributed by atoms with Gasteiger partial charge in [-0.05, 0) is 37.1 Å². The molecule has 0 saturated heterocycles. The number of imide groups is 1. The molecule has 110 valence electrons. The van der Waals surface area contributed by atoms with E-state index in [-0.39, 0.29) is 11.7 Å². The van der Waals surface area contributed by atoms with Gasteiger partial charge in [0, 0.05) is 17.1 Å². The van der Waals surface area contributed by atoms with E-state index in [0.29, 0.717) is 6.54 Å². The van der Waals surface area contributed by atoms with Crippen LogP contribution in [-0.4, -0.2) is 24.2 Å².